The van der Waals surface area contributed by atoms with Crippen molar-refractivity contribution in [2.75, 3.05) is 0 Å². The van der Waals surface area contributed by atoms with E-state index >= 15 is 0 Å². The number of carbonyl (C=O) groups is 1. The normalized spacial score (nSPS) is 19.2. The number of nitrogens with zero attached hydrogens (tertiary/aromatic N) is 1. The molecule has 0 saturated heterocycles. The molecule has 1 aliphatic heterocycles. The highest BCUT2D eigenvalue weighted by molar-refractivity contribution is 5.98. The number of carbonyl (C=O) groups excluding carboxylic acids is 1. The molecule has 0 fully saturated rings. The van der Waals surface area contributed by atoms with Crippen molar-refractivity contribution in [3.05, 3.63) is 71.3 Å². The van der Waals surface area contributed by atoms with Crippen LogP contribution in [-0.2, 0) is 20.7 Å². The van der Waals surface area contributed by atoms with Crippen LogP contribution in [0.3, 0.4) is 0 Å². The molecule has 0 bridgehead atoms. The summed E-state index contributed by atoms with van der Waals surface area (Å²) in [5.41, 5.74) is 1.62. The summed E-state index contributed by atoms with van der Waals surface area (Å²) in [5.74, 6) is -0.182. The van der Waals surface area contributed by atoms with Crippen molar-refractivity contribution in [3.8, 4) is 0 Å². The molecule has 0 aliphatic carbocycles. The summed E-state index contributed by atoms with van der Waals surface area (Å²) in [4.78, 5) is 19.6. The molecule has 1 aliphatic rings. The summed E-state index contributed by atoms with van der Waals surface area (Å²) in [7, 11) is 0. The van der Waals surface area contributed by atoms with Gasteiger partial charge >= 0.3 is 0 Å². The molecule has 3 rings (SSSR count). The summed E-state index contributed by atoms with van der Waals surface area (Å²) < 4.78 is 6.09. The van der Waals surface area contributed by atoms with E-state index in [-0.39, 0.29) is 5.78 Å². The average molecular weight is 382 g/mol. The molecule has 1 heterocycles. The second kappa shape index (κ2) is 7.11. The van der Waals surface area contributed by atoms with Gasteiger partial charge in [-0.2, -0.15) is 5.06 Å². The third-order valence-corrected chi connectivity index (χ3v) is 5.19. The highest BCUT2D eigenvalue weighted by Crippen LogP contribution is 2.49. The van der Waals surface area contributed by atoms with Crippen LogP contribution in [0.2, 0.25) is 0 Å². The van der Waals surface area contributed by atoms with Crippen LogP contribution in [0.1, 0.15) is 70.0 Å². The van der Waals surface area contributed by atoms with E-state index < -0.39 is 23.0 Å². The predicted molar refractivity (Wildman–Crippen MR) is 111 cm³/mol. The third kappa shape index (κ3) is 3.77. The Kier molecular flexibility index (Phi) is 5.26. The Labute approximate surface area is 168 Å². The standard InChI is InChI=1S/C24H31NO3/c1-22(2,3)27-21(20(26)17-13-9-8-10-14-17)28-25-23(4,5)18-15-11-12-16-19(18)24(25,6)7/h8-16,21H,1-7H3. The van der Waals surface area contributed by atoms with E-state index in [1.165, 1.54) is 11.1 Å². The Bertz CT molecular complexity index is 815. The van der Waals surface area contributed by atoms with Gasteiger partial charge in [-0.25, -0.2) is 0 Å². The molecule has 0 N–H and O–H groups in total. The number of fused-ring (bicyclic) bond motifs is 1. The van der Waals surface area contributed by atoms with Gasteiger partial charge in [0, 0.05) is 5.56 Å². The molecular formula is C24H31NO3. The molecule has 0 spiro atoms. The van der Waals surface area contributed by atoms with Gasteiger partial charge in [0.2, 0.25) is 12.1 Å². The summed E-state index contributed by atoms with van der Waals surface area (Å²) in [6.07, 6.45) is -1.03. The van der Waals surface area contributed by atoms with Crippen molar-refractivity contribution in [1.29, 1.82) is 0 Å². The molecule has 28 heavy (non-hydrogen) atoms. The smallest absolute Gasteiger partial charge is 0.242 e. The Morgan fingerprint density at radius 1 is 0.857 bits per heavy atom. The first-order valence-electron chi connectivity index (χ1n) is 9.79. The molecule has 1 atom stereocenters. The van der Waals surface area contributed by atoms with Crippen LogP contribution >= 0.6 is 0 Å². The van der Waals surface area contributed by atoms with Crippen molar-refractivity contribution in [1.82, 2.24) is 5.06 Å². The maximum absolute atomic E-state index is 13.2. The van der Waals surface area contributed by atoms with E-state index in [2.05, 4.69) is 39.8 Å². The molecular weight excluding hydrogens is 350 g/mol. The van der Waals surface area contributed by atoms with Crippen molar-refractivity contribution < 1.29 is 14.4 Å². The first-order valence-corrected chi connectivity index (χ1v) is 9.79. The van der Waals surface area contributed by atoms with Crippen LogP contribution in [-0.4, -0.2) is 22.7 Å². The second-order valence-electron chi connectivity index (χ2n) is 9.36. The van der Waals surface area contributed by atoms with Gasteiger partial charge in [-0.1, -0.05) is 54.6 Å². The SMILES string of the molecule is CC(C)(C)OC(ON1C(C)(C)c2ccccc2C1(C)C)C(=O)c1ccccc1. The minimum Gasteiger partial charge on any atom is -0.339 e. The second-order valence-corrected chi connectivity index (χ2v) is 9.36. The van der Waals surface area contributed by atoms with Crippen LogP contribution in [0.15, 0.2) is 54.6 Å². The lowest BCUT2D eigenvalue weighted by atomic mass is 9.91. The van der Waals surface area contributed by atoms with E-state index in [0.717, 1.165) is 0 Å². The van der Waals surface area contributed by atoms with Crippen LogP contribution in [0.25, 0.3) is 0 Å². The number of benzene rings is 2. The van der Waals surface area contributed by atoms with Crippen LogP contribution in [0.4, 0.5) is 0 Å². The molecule has 0 radical (unpaired) electrons. The van der Waals surface area contributed by atoms with E-state index in [9.17, 15) is 4.79 Å². The predicted octanol–water partition coefficient (Wildman–Crippen LogP) is 5.43. The molecule has 4 nitrogen and oxygen atoms in total. The van der Waals surface area contributed by atoms with Gasteiger partial charge in [-0.3, -0.25) is 9.63 Å². The van der Waals surface area contributed by atoms with Crippen molar-refractivity contribution in [2.45, 2.75) is 71.4 Å². The third-order valence-electron chi connectivity index (χ3n) is 5.19. The Morgan fingerprint density at radius 3 is 1.79 bits per heavy atom. The minimum atomic E-state index is -1.03. The number of ketones is 1. The van der Waals surface area contributed by atoms with Gasteiger partial charge in [-0.05, 0) is 59.6 Å². The highest BCUT2D eigenvalue weighted by atomic mass is 16.8. The molecule has 2 aromatic rings. The van der Waals surface area contributed by atoms with E-state index in [1.54, 1.807) is 12.1 Å². The number of hydroxylamine groups is 2. The zero-order chi connectivity index (χ0) is 20.7. The maximum Gasteiger partial charge on any atom is 0.242 e. The fraction of sp³-hybridized carbons (Fsp3) is 0.458. The number of hydrogen-bond acceptors (Lipinski definition) is 4. The first-order chi connectivity index (χ1) is 12.9. The zero-order valence-corrected chi connectivity index (χ0v) is 17.9. The van der Waals surface area contributed by atoms with E-state index in [0.29, 0.717) is 5.56 Å². The van der Waals surface area contributed by atoms with Crippen molar-refractivity contribution in [2.24, 2.45) is 0 Å². The maximum atomic E-state index is 13.2. The summed E-state index contributed by atoms with van der Waals surface area (Å²) in [6, 6.07) is 17.5. The number of rotatable bonds is 5. The van der Waals surface area contributed by atoms with Crippen LogP contribution in [0, 0.1) is 0 Å². The number of ether oxygens (including phenoxy) is 1. The fourth-order valence-corrected chi connectivity index (χ4v) is 4.01. The van der Waals surface area contributed by atoms with Gasteiger partial charge in [0.1, 0.15) is 0 Å². The Balaban J connectivity index is 1.98. The molecule has 150 valence electrons. The lowest BCUT2D eigenvalue weighted by Crippen LogP contribution is -2.50. The monoisotopic (exact) mass is 381 g/mol. The largest absolute Gasteiger partial charge is 0.339 e. The van der Waals surface area contributed by atoms with Gasteiger partial charge in [0.05, 0.1) is 16.7 Å². The summed E-state index contributed by atoms with van der Waals surface area (Å²) in [6.45, 7) is 14.2. The molecule has 0 saturated carbocycles. The topological polar surface area (TPSA) is 38.8 Å². The van der Waals surface area contributed by atoms with Crippen LogP contribution < -0.4 is 0 Å². The summed E-state index contributed by atoms with van der Waals surface area (Å²) in [5, 5.41) is 1.92. The van der Waals surface area contributed by atoms with Gasteiger partial charge in [0.25, 0.3) is 0 Å². The quantitative estimate of drug-likeness (QED) is 0.511. The lowest BCUT2D eigenvalue weighted by molar-refractivity contribution is -0.338. The molecule has 0 amide bonds. The Hall–Kier alpha value is -2.01. The number of Topliss-reactive ketones (excluding diaryl/α,β-unsaturated/α-hetero) is 1. The van der Waals surface area contributed by atoms with E-state index in [1.807, 2.05) is 56.2 Å². The Morgan fingerprint density at radius 2 is 1.32 bits per heavy atom. The minimum absolute atomic E-state index is 0.182. The number of hydrogen-bond donors (Lipinski definition) is 0. The molecule has 1 unspecified atom stereocenters. The van der Waals surface area contributed by atoms with Crippen molar-refractivity contribution >= 4 is 5.78 Å². The molecule has 2 aromatic carbocycles. The fourth-order valence-electron chi connectivity index (χ4n) is 4.01. The van der Waals surface area contributed by atoms with Gasteiger partial charge < -0.3 is 4.74 Å². The zero-order valence-electron chi connectivity index (χ0n) is 17.9. The first kappa shape index (κ1) is 20.7. The van der Waals surface area contributed by atoms with Crippen LogP contribution in [0.5, 0.6) is 0 Å². The van der Waals surface area contributed by atoms with Gasteiger partial charge in [-0.15, -0.1) is 0 Å². The van der Waals surface area contributed by atoms with Crippen molar-refractivity contribution in [3.63, 3.8) is 0 Å². The van der Waals surface area contributed by atoms with Gasteiger partial charge in [0.15, 0.2) is 0 Å². The molecule has 0 aromatic heterocycles. The average Bonchev–Trinajstić information content (AvgIpc) is 2.78. The molecule has 4 heteroatoms. The lowest BCUT2D eigenvalue weighted by Gasteiger charge is -2.42. The highest BCUT2D eigenvalue weighted by Gasteiger charge is 2.51. The van der Waals surface area contributed by atoms with E-state index in [4.69, 9.17) is 9.57 Å². The summed E-state index contributed by atoms with van der Waals surface area (Å²) >= 11 is 0.